The number of hydrogen-bond donors (Lipinski definition) is 2. The molecular weight excluding hydrogens is 130 g/mol. The van der Waals surface area contributed by atoms with E-state index in [0.29, 0.717) is 0 Å². The van der Waals surface area contributed by atoms with Gasteiger partial charge >= 0.3 is 6.09 Å². The molecule has 2 N–H and O–H groups in total. The third-order valence-electron chi connectivity index (χ3n) is 1.64. The summed E-state index contributed by atoms with van der Waals surface area (Å²) < 4.78 is 0. The maximum absolute atomic E-state index is 10.1. The van der Waals surface area contributed by atoms with Crippen molar-refractivity contribution in [3.8, 4) is 0 Å². The van der Waals surface area contributed by atoms with Crippen molar-refractivity contribution in [2.24, 2.45) is 5.41 Å². The first kappa shape index (κ1) is 9.27. The normalized spacial score (nSPS) is 14.4. The Morgan fingerprint density at radius 3 is 2.00 bits per heavy atom. The molecule has 0 aliphatic rings. The van der Waals surface area contributed by atoms with Gasteiger partial charge in [0.25, 0.3) is 0 Å². The second-order valence-electron chi connectivity index (χ2n) is 3.54. The van der Waals surface area contributed by atoms with Crippen LogP contribution in [-0.4, -0.2) is 17.2 Å². The zero-order valence-corrected chi connectivity index (χ0v) is 6.93. The van der Waals surface area contributed by atoms with Crippen LogP contribution in [0.1, 0.15) is 27.7 Å². The van der Waals surface area contributed by atoms with E-state index < -0.39 is 6.09 Å². The van der Waals surface area contributed by atoms with Crippen LogP contribution in [0.3, 0.4) is 0 Å². The molecule has 10 heavy (non-hydrogen) atoms. The van der Waals surface area contributed by atoms with Crippen LogP contribution >= 0.6 is 0 Å². The Labute approximate surface area is 61.4 Å². The van der Waals surface area contributed by atoms with E-state index in [1.807, 2.05) is 27.7 Å². The van der Waals surface area contributed by atoms with Crippen LogP contribution in [0.5, 0.6) is 0 Å². The van der Waals surface area contributed by atoms with Crippen molar-refractivity contribution >= 4 is 6.09 Å². The minimum Gasteiger partial charge on any atom is -0.465 e. The van der Waals surface area contributed by atoms with Crippen LogP contribution in [0, 0.1) is 5.41 Å². The van der Waals surface area contributed by atoms with Crippen molar-refractivity contribution in [2.45, 2.75) is 33.7 Å². The smallest absolute Gasteiger partial charge is 0.404 e. The lowest BCUT2D eigenvalue weighted by Gasteiger charge is -2.26. The Bertz CT molecular complexity index is 126. The average molecular weight is 145 g/mol. The SMILES string of the molecule is C[C@@H](NC(=O)O)C(C)(C)C. The lowest BCUT2D eigenvalue weighted by molar-refractivity contribution is 0.178. The summed E-state index contributed by atoms with van der Waals surface area (Å²) in [7, 11) is 0. The summed E-state index contributed by atoms with van der Waals surface area (Å²) in [5.74, 6) is 0. The first-order valence-electron chi connectivity index (χ1n) is 3.33. The van der Waals surface area contributed by atoms with Crippen molar-refractivity contribution in [1.29, 1.82) is 0 Å². The van der Waals surface area contributed by atoms with Crippen LogP contribution in [0.25, 0.3) is 0 Å². The molecule has 60 valence electrons. The molecule has 1 atom stereocenters. The van der Waals surface area contributed by atoms with Crippen molar-refractivity contribution < 1.29 is 9.90 Å². The predicted molar refractivity (Wildman–Crippen MR) is 40.1 cm³/mol. The number of nitrogens with one attached hydrogen (secondary N) is 1. The maximum atomic E-state index is 10.1. The van der Waals surface area contributed by atoms with Crippen molar-refractivity contribution in [2.75, 3.05) is 0 Å². The highest BCUT2D eigenvalue weighted by molar-refractivity contribution is 5.64. The molecule has 0 spiro atoms. The van der Waals surface area contributed by atoms with Gasteiger partial charge in [-0.05, 0) is 12.3 Å². The molecule has 0 saturated carbocycles. The van der Waals surface area contributed by atoms with Gasteiger partial charge in [0.15, 0.2) is 0 Å². The van der Waals surface area contributed by atoms with Gasteiger partial charge in [-0.3, -0.25) is 0 Å². The Morgan fingerprint density at radius 2 is 1.90 bits per heavy atom. The minimum atomic E-state index is -0.956. The van der Waals surface area contributed by atoms with Gasteiger partial charge in [0.05, 0.1) is 0 Å². The molecule has 0 aromatic rings. The van der Waals surface area contributed by atoms with Gasteiger partial charge in [0, 0.05) is 6.04 Å². The van der Waals surface area contributed by atoms with Crippen molar-refractivity contribution in [1.82, 2.24) is 5.32 Å². The highest BCUT2D eigenvalue weighted by atomic mass is 16.4. The monoisotopic (exact) mass is 145 g/mol. The zero-order valence-electron chi connectivity index (χ0n) is 6.93. The molecular formula is C7H15NO2. The Hall–Kier alpha value is -0.730. The lowest BCUT2D eigenvalue weighted by atomic mass is 9.88. The molecule has 3 heteroatoms. The molecule has 0 aliphatic carbocycles. The van der Waals surface area contributed by atoms with E-state index in [0.717, 1.165) is 0 Å². The van der Waals surface area contributed by atoms with Crippen LogP contribution < -0.4 is 5.32 Å². The van der Waals surface area contributed by atoms with Gasteiger partial charge < -0.3 is 10.4 Å². The van der Waals surface area contributed by atoms with Crippen molar-refractivity contribution in [3.05, 3.63) is 0 Å². The molecule has 0 rings (SSSR count). The van der Waals surface area contributed by atoms with Gasteiger partial charge in [-0.1, -0.05) is 20.8 Å². The zero-order chi connectivity index (χ0) is 8.36. The summed E-state index contributed by atoms with van der Waals surface area (Å²) >= 11 is 0. The Morgan fingerprint density at radius 1 is 1.50 bits per heavy atom. The topological polar surface area (TPSA) is 49.3 Å². The third-order valence-corrected chi connectivity index (χ3v) is 1.64. The molecule has 0 aromatic heterocycles. The molecule has 0 fully saturated rings. The number of carbonyl (C=O) groups is 1. The van der Waals surface area contributed by atoms with E-state index in [9.17, 15) is 4.79 Å². The average Bonchev–Trinajstić information content (AvgIpc) is 1.60. The number of carboxylic acid groups (broad SMARTS) is 1. The highest BCUT2D eigenvalue weighted by Crippen LogP contribution is 2.17. The molecule has 3 nitrogen and oxygen atoms in total. The number of hydrogen-bond acceptors (Lipinski definition) is 1. The maximum Gasteiger partial charge on any atom is 0.404 e. The quantitative estimate of drug-likeness (QED) is 0.589. The fraction of sp³-hybridized carbons (Fsp3) is 0.857. The van der Waals surface area contributed by atoms with Gasteiger partial charge in [0.2, 0.25) is 0 Å². The van der Waals surface area contributed by atoms with E-state index >= 15 is 0 Å². The van der Waals surface area contributed by atoms with Crippen molar-refractivity contribution in [3.63, 3.8) is 0 Å². The van der Waals surface area contributed by atoms with Gasteiger partial charge in [-0.15, -0.1) is 0 Å². The van der Waals surface area contributed by atoms with Gasteiger partial charge in [-0.2, -0.15) is 0 Å². The van der Waals surface area contributed by atoms with Crippen LogP contribution in [0.15, 0.2) is 0 Å². The Kier molecular flexibility index (Phi) is 2.69. The van der Waals surface area contributed by atoms with Crippen LogP contribution in [0.4, 0.5) is 4.79 Å². The fourth-order valence-corrected chi connectivity index (χ4v) is 0.402. The second kappa shape index (κ2) is 2.90. The van der Waals surface area contributed by atoms with E-state index in [1.165, 1.54) is 0 Å². The second-order valence-corrected chi connectivity index (χ2v) is 3.54. The van der Waals surface area contributed by atoms with E-state index in [-0.39, 0.29) is 11.5 Å². The molecule has 0 aromatic carbocycles. The van der Waals surface area contributed by atoms with Gasteiger partial charge in [-0.25, -0.2) is 4.79 Å². The van der Waals surface area contributed by atoms with E-state index in [4.69, 9.17) is 5.11 Å². The molecule has 0 radical (unpaired) electrons. The van der Waals surface area contributed by atoms with Gasteiger partial charge in [0.1, 0.15) is 0 Å². The molecule has 0 saturated heterocycles. The Balaban J connectivity index is 3.85. The molecule has 0 aliphatic heterocycles. The summed E-state index contributed by atoms with van der Waals surface area (Å²) in [4.78, 5) is 10.1. The van der Waals surface area contributed by atoms with Crippen LogP contribution in [0.2, 0.25) is 0 Å². The lowest BCUT2D eigenvalue weighted by Crippen LogP contribution is -2.40. The molecule has 0 heterocycles. The van der Waals surface area contributed by atoms with E-state index in [2.05, 4.69) is 5.32 Å². The summed E-state index contributed by atoms with van der Waals surface area (Å²) in [6.07, 6.45) is -0.956. The van der Waals surface area contributed by atoms with E-state index in [1.54, 1.807) is 0 Å². The number of amides is 1. The standard InChI is InChI=1S/C7H15NO2/c1-5(7(2,3)4)8-6(9)10/h5,8H,1-4H3,(H,9,10)/t5-/m1/s1. The summed E-state index contributed by atoms with van der Waals surface area (Å²) in [5.41, 5.74) is -0.00160. The first-order valence-corrected chi connectivity index (χ1v) is 3.33. The van der Waals surface area contributed by atoms with Crippen LogP contribution in [-0.2, 0) is 0 Å². The predicted octanol–water partition coefficient (Wildman–Crippen LogP) is 1.69. The number of rotatable bonds is 1. The summed E-state index contributed by atoms with van der Waals surface area (Å²) in [6.45, 7) is 7.84. The molecule has 1 amide bonds. The minimum absolute atomic E-state index is 0.00160. The molecule has 0 unspecified atom stereocenters. The fourth-order valence-electron chi connectivity index (χ4n) is 0.402. The first-order chi connectivity index (χ1) is 4.34. The highest BCUT2D eigenvalue weighted by Gasteiger charge is 2.20. The third kappa shape index (κ3) is 3.33. The summed E-state index contributed by atoms with van der Waals surface area (Å²) in [6, 6.07) is -0.00926. The molecule has 0 bridgehead atoms. The summed E-state index contributed by atoms with van der Waals surface area (Å²) in [5, 5.41) is 10.7. The largest absolute Gasteiger partial charge is 0.465 e.